The molecule has 1 aliphatic carbocycles. The largest absolute Gasteiger partial charge is 0.493 e. The summed E-state index contributed by atoms with van der Waals surface area (Å²) in [6.07, 6.45) is 24.1. The molecule has 0 radical (unpaired) electrons. The van der Waals surface area contributed by atoms with Gasteiger partial charge in [-0.3, -0.25) is 4.79 Å². The summed E-state index contributed by atoms with van der Waals surface area (Å²) in [5.41, 5.74) is 6.34. The second-order valence-electron chi connectivity index (χ2n) is 11.8. The summed E-state index contributed by atoms with van der Waals surface area (Å²) < 4.78 is 5.91. The number of hydrogen-bond acceptors (Lipinski definition) is 4. The maximum Gasteiger partial charge on any atom is 0.220 e. The van der Waals surface area contributed by atoms with Gasteiger partial charge in [-0.05, 0) is 93.6 Å². The normalized spacial score (nSPS) is 18.9. The Kier molecular flexibility index (Phi) is 15.3. The molecule has 41 heavy (non-hydrogen) atoms. The molecule has 3 atom stereocenters. The summed E-state index contributed by atoms with van der Waals surface area (Å²) in [7, 11) is 0. The van der Waals surface area contributed by atoms with Crippen LogP contribution in [0.25, 0.3) is 0 Å². The zero-order valence-electron chi connectivity index (χ0n) is 26.3. The zero-order valence-corrected chi connectivity index (χ0v) is 26.3. The third-order valence-corrected chi connectivity index (χ3v) is 8.47. The minimum atomic E-state index is -0.275. The molecule has 1 saturated heterocycles. The number of piperidine rings is 1. The van der Waals surface area contributed by atoms with E-state index in [-0.39, 0.29) is 17.4 Å². The lowest BCUT2D eigenvalue weighted by Crippen LogP contribution is -2.41. The monoisotopic (exact) mass is 562 g/mol. The summed E-state index contributed by atoms with van der Waals surface area (Å²) >= 11 is 0. The molecule has 1 N–H and O–H groups in total. The molecular formula is C36H54N2O3. The summed E-state index contributed by atoms with van der Waals surface area (Å²) in [4.78, 5) is 27.0. The van der Waals surface area contributed by atoms with Crippen LogP contribution < -0.4 is 5.32 Å². The van der Waals surface area contributed by atoms with Crippen LogP contribution >= 0.6 is 0 Å². The van der Waals surface area contributed by atoms with Gasteiger partial charge in [0.15, 0.2) is 0 Å². The number of rotatable bonds is 18. The molecule has 0 aromatic rings. The minimum absolute atomic E-state index is 0.0391. The zero-order chi connectivity index (χ0) is 30.1. The maximum atomic E-state index is 13.3. The SMILES string of the molecule is C=C/C=C(\C(=C/C)C(CC(C)CC)NC(=O)CCC1=CC=C(OCCCC(C)(C=O)CC)C=C=C1)N1CCCCC1. The summed E-state index contributed by atoms with van der Waals surface area (Å²) in [6.45, 7) is 17.2. The number of carbonyl (C=O) groups is 2. The Balaban J connectivity index is 2.01. The Bertz CT molecular complexity index is 1050. The van der Waals surface area contributed by atoms with E-state index in [0.717, 1.165) is 62.8 Å². The Morgan fingerprint density at radius 1 is 1.22 bits per heavy atom. The average Bonchev–Trinajstić information content (AvgIpc) is 3.23. The molecule has 5 nitrogen and oxygen atoms in total. The molecule has 1 heterocycles. The van der Waals surface area contributed by atoms with Gasteiger partial charge in [-0.1, -0.05) is 58.9 Å². The van der Waals surface area contributed by atoms with Gasteiger partial charge in [0.25, 0.3) is 0 Å². The van der Waals surface area contributed by atoms with E-state index in [1.807, 2.05) is 44.2 Å². The first kappa shape index (κ1) is 34.2. The third-order valence-electron chi connectivity index (χ3n) is 8.47. The van der Waals surface area contributed by atoms with E-state index in [9.17, 15) is 9.59 Å². The lowest BCUT2D eigenvalue weighted by molar-refractivity contribution is -0.121. The Morgan fingerprint density at radius 3 is 2.61 bits per heavy atom. The highest BCUT2D eigenvalue weighted by molar-refractivity contribution is 5.77. The number of nitrogens with zero attached hydrogens (tertiary/aromatic N) is 1. The van der Waals surface area contributed by atoms with E-state index in [4.69, 9.17) is 4.74 Å². The first-order valence-electron chi connectivity index (χ1n) is 15.7. The quantitative estimate of drug-likeness (QED) is 0.0793. The van der Waals surface area contributed by atoms with Crippen LogP contribution in [0.3, 0.4) is 0 Å². The molecule has 0 aromatic heterocycles. The number of amides is 1. The van der Waals surface area contributed by atoms with Crippen molar-refractivity contribution < 1.29 is 14.3 Å². The van der Waals surface area contributed by atoms with Crippen LogP contribution in [-0.2, 0) is 14.3 Å². The average molecular weight is 563 g/mol. The van der Waals surface area contributed by atoms with Gasteiger partial charge in [0.2, 0.25) is 5.91 Å². The van der Waals surface area contributed by atoms with Crippen molar-refractivity contribution in [3.8, 4) is 0 Å². The smallest absolute Gasteiger partial charge is 0.220 e. The fourth-order valence-electron chi connectivity index (χ4n) is 5.26. The van der Waals surface area contributed by atoms with Gasteiger partial charge in [0.05, 0.1) is 12.6 Å². The molecular weight excluding hydrogens is 508 g/mol. The van der Waals surface area contributed by atoms with Crippen molar-refractivity contribution in [1.82, 2.24) is 10.2 Å². The highest BCUT2D eigenvalue weighted by Gasteiger charge is 2.25. The van der Waals surface area contributed by atoms with Gasteiger partial charge in [-0.25, -0.2) is 0 Å². The van der Waals surface area contributed by atoms with Crippen LogP contribution in [0.15, 0.2) is 77.4 Å². The van der Waals surface area contributed by atoms with Crippen molar-refractivity contribution in [2.24, 2.45) is 11.3 Å². The maximum absolute atomic E-state index is 13.3. The fraction of sp³-hybridized carbons (Fsp3) is 0.583. The van der Waals surface area contributed by atoms with E-state index in [0.29, 0.717) is 25.4 Å². The van der Waals surface area contributed by atoms with Crippen molar-refractivity contribution in [3.63, 3.8) is 0 Å². The first-order chi connectivity index (χ1) is 19.8. The van der Waals surface area contributed by atoms with Gasteiger partial charge in [-0.2, -0.15) is 0 Å². The van der Waals surface area contributed by atoms with Crippen LogP contribution in [-0.4, -0.2) is 42.8 Å². The Morgan fingerprint density at radius 2 is 1.98 bits per heavy atom. The van der Waals surface area contributed by atoms with Gasteiger partial charge in [-0.15, -0.1) is 5.73 Å². The number of ether oxygens (including phenoxy) is 1. The van der Waals surface area contributed by atoms with Gasteiger partial charge < -0.3 is 19.7 Å². The highest BCUT2D eigenvalue weighted by Crippen LogP contribution is 2.28. The number of hydrogen-bond donors (Lipinski definition) is 1. The highest BCUT2D eigenvalue weighted by atomic mass is 16.5. The number of likely N-dealkylation sites (tertiary alicyclic amines) is 1. The van der Waals surface area contributed by atoms with Crippen molar-refractivity contribution in [3.05, 3.63) is 77.4 Å². The first-order valence-corrected chi connectivity index (χ1v) is 15.7. The lowest BCUT2D eigenvalue weighted by Gasteiger charge is -2.35. The Labute approximate surface area is 249 Å². The van der Waals surface area contributed by atoms with E-state index in [1.54, 1.807) is 0 Å². The molecule has 3 unspecified atom stereocenters. The lowest BCUT2D eigenvalue weighted by atomic mass is 9.85. The van der Waals surface area contributed by atoms with Crippen LogP contribution in [0.5, 0.6) is 0 Å². The summed E-state index contributed by atoms with van der Waals surface area (Å²) in [6, 6.07) is -0.0391. The molecule has 2 rings (SSSR count). The molecule has 2 aliphatic rings. The van der Waals surface area contributed by atoms with E-state index in [1.165, 1.54) is 30.5 Å². The van der Waals surface area contributed by atoms with Gasteiger partial charge in [0, 0.05) is 36.7 Å². The van der Waals surface area contributed by atoms with E-state index in [2.05, 4.69) is 55.5 Å². The predicted molar refractivity (Wildman–Crippen MR) is 171 cm³/mol. The topological polar surface area (TPSA) is 58.6 Å². The van der Waals surface area contributed by atoms with Gasteiger partial charge in [0.1, 0.15) is 12.0 Å². The molecule has 1 fully saturated rings. The van der Waals surface area contributed by atoms with Crippen LogP contribution in [0.1, 0.15) is 98.8 Å². The van der Waals surface area contributed by atoms with Crippen LogP contribution in [0.2, 0.25) is 0 Å². The summed E-state index contributed by atoms with van der Waals surface area (Å²) in [5.74, 6) is 1.30. The van der Waals surface area contributed by atoms with Crippen LogP contribution in [0.4, 0.5) is 0 Å². The number of carbonyl (C=O) groups excluding carboxylic acids is 2. The molecule has 5 heteroatoms. The number of nitrogens with one attached hydrogen (secondary N) is 1. The second-order valence-corrected chi connectivity index (χ2v) is 11.8. The second kappa shape index (κ2) is 18.4. The van der Waals surface area contributed by atoms with Crippen molar-refractivity contribution in [1.29, 1.82) is 0 Å². The van der Waals surface area contributed by atoms with Gasteiger partial charge >= 0.3 is 0 Å². The molecule has 0 bridgehead atoms. The molecule has 0 aromatic carbocycles. The fourth-order valence-corrected chi connectivity index (χ4v) is 5.26. The number of aldehydes is 1. The standard InChI is InChI=1S/C36H54N2O3/c1-7-16-34(38-24-12-11-13-25-38)32(9-3)33(27-29(5)8-2)37-35(40)22-20-30-17-14-18-31(21-19-30)41-26-15-23-36(6,10-4)28-39/h7,9,16-19,21,28-29,33H,1,8,10-13,15,20,22-27H2,2-6H3,(H,37,40)/b32-9-,34-16+. The predicted octanol–water partition coefficient (Wildman–Crippen LogP) is 8.14. The molecule has 0 spiro atoms. The number of allylic oxidation sites excluding steroid dienone is 7. The van der Waals surface area contributed by atoms with Crippen molar-refractivity contribution >= 4 is 12.2 Å². The Hall–Kier alpha value is -3.04. The third kappa shape index (κ3) is 11.8. The van der Waals surface area contributed by atoms with Crippen molar-refractivity contribution in [2.75, 3.05) is 19.7 Å². The summed E-state index contributed by atoms with van der Waals surface area (Å²) in [5, 5.41) is 3.39. The minimum Gasteiger partial charge on any atom is -0.493 e. The van der Waals surface area contributed by atoms with E-state index >= 15 is 0 Å². The van der Waals surface area contributed by atoms with Crippen molar-refractivity contribution in [2.45, 2.75) is 105 Å². The molecule has 1 amide bonds. The molecule has 0 saturated carbocycles. The van der Waals surface area contributed by atoms with E-state index < -0.39 is 0 Å². The van der Waals surface area contributed by atoms with Crippen LogP contribution in [0, 0.1) is 11.3 Å². The molecule has 226 valence electrons. The molecule has 1 aliphatic heterocycles.